The van der Waals surface area contributed by atoms with Crippen LogP contribution in [0.2, 0.25) is 0 Å². The second-order valence-corrected chi connectivity index (χ2v) is 7.37. The molecule has 11 heteroatoms. The van der Waals surface area contributed by atoms with E-state index in [1.807, 2.05) is 6.92 Å². The number of alkyl halides is 3. The zero-order chi connectivity index (χ0) is 23.3. The summed E-state index contributed by atoms with van der Waals surface area (Å²) in [4.78, 5) is 20.5. The van der Waals surface area contributed by atoms with Gasteiger partial charge >= 0.3 is 6.18 Å². The Balaban J connectivity index is 1.78. The van der Waals surface area contributed by atoms with E-state index >= 15 is 0 Å². The SMILES string of the molecule is Cc1cc(C(C)n2cc3c(CC(=O)NCCCO)nccc3n2)cnc1OCC(F)(F)F. The largest absolute Gasteiger partial charge is 0.468 e. The average molecular weight is 451 g/mol. The summed E-state index contributed by atoms with van der Waals surface area (Å²) in [5.74, 6) is -0.267. The molecular formula is C21H24F3N5O3. The summed E-state index contributed by atoms with van der Waals surface area (Å²) in [7, 11) is 0. The smallest absolute Gasteiger partial charge is 0.422 e. The molecule has 0 aliphatic rings. The van der Waals surface area contributed by atoms with Crippen molar-refractivity contribution in [2.45, 2.75) is 38.9 Å². The maximum Gasteiger partial charge on any atom is 0.422 e. The van der Waals surface area contributed by atoms with Crippen molar-refractivity contribution >= 4 is 16.8 Å². The van der Waals surface area contributed by atoms with Crippen molar-refractivity contribution in [3.63, 3.8) is 0 Å². The third-order valence-corrected chi connectivity index (χ3v) is 4.82. The van der Waals surface area contributed by atoms with Gasteiger partial charge in [-0.25, -0.2) is 4.98 Å². The van der Waals surface area contributed by atoms with Crippen molar-refractivity contribution < 1.29 is 27.8 Å². The Morgan fingerprint density at radius 1 is 1.34 bits per heavy atom. The molecule has 3 rings (SSSR count). The van der Waals surface area contributed by atoms with Crippen LogP contribution in [-0.4, -0.2) is 56.7 Å². The lowest BCUT2D eigenvalue weighted by molar-refractivity contribution is -0.154. The molecule has 3 aromatic heterocycles. The quantitative estimate of drug-likeness (QED) is 0.485. The van der Waals surface area contributed by atoms with Gasteiger partial charge in [0, 0.05) is 42.7 Å². The minimum atomic E-state index is -4.43. The lowest BCUT2D eigenvalue weighted by Gasteiger charge is -2.15. The number of hydrogen-bond donors (Lipinski definition) is 2. The Morgan fingerprint density at radius 3 is 2.81 bits per heavy atom. The summed E-state index contributed by atoms with van der Waals surface area (Å²) >= 11 is 0. The Hall–Kier alpha value is -3.21. The van der Waals surface area contributed by atoms with Crippen LogP contribution in [0.25, 0.3) is 10.9 Å². The van der Waals surface area contributed by atoms with Gasteiger partial charge in [-0.15, -0.1) is 0 Å². The van der Waals surface area contributed by atoms with Crippen molar-refractivity contribution in [2.24, 2.45) is 0 Å². The molecule has 0 bridgehead atoms. The van der Waals surface area contributed by atoms with Gasteiger partial charge in [-0.05, 0) is 38.0 Å². The summed E-state index contributed by atoms with van der Waals surface area (Å²) in [5, 5.41) is 16.8. The summed E-state index contributed by atoms with van der Waals surface area (Å²) < 4.78 is 43.6. The molecule has 1 atom stereocenters. The van der Waals surface area contributed by atoms with Gasteiger partial charge in [0.15, 0.2) is 6.61 Å². The van der Waals surface area contributed by atoms with Crippen molar-refractivity contribution in [1.82, 2.24) is 25.1 Å². The summed E-state index contributed by atoms with van der Waals surface area (Å²) in [6.45, 7) is 2.50. The number of amides is 1. The lowest BCUT2D eigenvalue weighted by Crippen LogP contribution is -2.26. The van der Waals surface area contributed by atoms with E-state index in [1.54, 1.807) is 36.1 Å². The number of carbonyl (C=O) groups excluding carboxylic acids is 1. The molecule has 0 saturated carbocycles. The summed E-state index contributed by atoms with van der Waals surface area (Å²) in [5.41, 5.74) is 2.47. The molecule has 1 unspecified atom stereocenters. The van der Waals surface area contributed by atoms with E-state index in [0.717, 1.165) is 10.9 Å². The third-order valence-electron chi connectivity index (χ3n) is 4.82. The van der Waals surface area contributed by atoms with Gasteiger partial charge in [0.05, 0.1) is 23.7 Å². The van der Waals surface area contributed by atoms with Crippen LogP contribution < -0.4 is 10.1 Å². The Bertz CT molecular complexity index is 1080. The molecular weight excluding hydrogens is 427 g/mol. The van der Waals surface area contributed by atoms with E-state index in [0.29, 0.717) is 29.7 Å². The summed E-state index contributed by atoms with van der Waals surface area (Å²) in [6.07, 6.45) is 0.952. The van der Waals surface area contributed by atoms with Gasteiger partial charge < -0.3 is 15.2 Å². The normalized spacial score (nSPS) is 12.7. The fourth-order valence-electron chi connectivity index (χ4n) is 3.15. The second-order valence-electron chi connectivity index (χ2n) is 7.37. The number of aromatic nitrogens is 4. The molecule has 172 valence electrons. The number of fused-ring (bicyclic) bond motifs is 1. The molecule has 2 N–H and O–H groups in total. The molecule has 0 spiro atoms. The number of carbonyl (C=O) groups is 1. The number of aliphatic hydroxyl groups excluding tert-OH is 1. The first-order chi connectivity index (χ1) is 15.2. The highest BCUT2D eigenvalue weighted by Crippen LogP contribution is 2.26. The van der Waals surface area contributed by atoms with Gasteiger partial charge in [0.2, 0.25) is 11.8 Å². The fraction of sp³-hybridized carbons (Fsp3) is 0.429. The first kappa shape index (κ1) is 23.5. The molecule has 0 fully saturated rings. The number of nitrogens with one attached hydrogen (secondary N) is 1. The maximum atomic E-state index is 12.4. The number of hydrogen-bond acceptors (Lipinski definition) is 6. The molecule has 3 heterocycles. The highest BCUT2D eigenvalue weighted by atomic mass is 19.4. The zero-order valence-corrected chi connectivity index (χ0v) is 17.7. The van der Waals surface area contributed by atoms with Gasteiger partial charge in [-0.1, -0.05) is 0 Å². The van der Waals surface area contributed by atoms with E-state index in [9.17, 15) is 18.0 Å². The van der Waals surface area contributed by atoms with E-state index in [4.69, 9.17) is 9.84 Å². The van der Waals surface area contributed by atoms with Crippen LogP contribution in [0.3, 0.4) is 0 Å². The van der Waals surface area contributed by atoms with Crippen LogP contribution in [0.15, 0.2) is 30.7 Å². The molecule has 0 saturated heterocycles. The molecule has 0 aliphatic carbocycles. The standard InChI is InChI=1S/C21H24F3N5O3/c1-13-8-15(10-27-20(13)32-12-21(22,23)24)14(2)29-11-16-17(28-29)4-6-25-18(16)9-19(31)26-5-3-7-30/h4,6,8,10-11,14,30H,3,5,7,9,12H2,1-2H3,(H,26,31). The van der Waals surface area contributed by atoms with Crippen LogP contribution >= 0.6 is 0 Å². The van der Waals surface area contributed by atoms with Crippen LogP contribution in [0.4, 0.5) is 13.2 Å². The predicted molar refractivity (Wildman–Crippen MR) is 110 cm³/mol. The van der Waals surface area contributed by atoms with Crippen molar-refractivity contribution in [1.29, 1.82) is 0 Å². The number of aliphatic hydroxyl groups is 1. The van der Waals surface area contributed by atoms with Gasteiger partial charge in [-0.3, -0.25) is 14.5 Å². The minimum Gasteiger partial charge on any atom is -0.468 e. The molecule has 1 amide bonds. The molecule has 0 aliphatic heterocycles. The number of halogens is 3. The second kappa shape index (κ2) is 9.94. The first-order valence-electron chi connectivity index (χ1n) is 10.0. The monoisotopic (exact) mass is 451 g/mol. The van der Waals surface area contributed by atoms with Crippen molar-refractivity contribution in [3.05, 3.63) is 47.5 Å². The van der Waals surface area contributed by atoms with Crippen LogP contribution in [0.1, 0.15) is 36.2 Å². The van der Waals surface area contributed by atoms with Crippen LogP contribution in [-0.2, 0) is 11.2 Å². The topological polar surface area (TPSA) is 102 Å². The Kier molecular flexibility index (Phi) is 7.29. The van der Waals surface area contributed by atoms with E-state index in [-0.39, 0.29) is 30.9 Å². The minimum absolute atomic E-state index is 0.00252. The lowest BCUT2D eigenvalue weighted by atomic mass is 10.1. The van der Waals surface area contributed by atoms with Crippen molar-refractivity contribution in [3.8, 4) is 5.88 Å². The van der Waals surface area contributed by atoms with Gasteiger partial charge in [0.25, 0.3) is 0 Å². The van der Waals surface area contributed by atoms with Gasteiger partial charge in [0.1, 0.15) is 0 Å². The molecule has 0 radical (unpaired) electrons. The van der Waals surface area contributed by atoms with E-state index in [1.165, 1.54) is 6.20 Å². The van der Waals surface area contributed by atoms with Crippen LogP contribution in [0.5, 0.6) is 5.88 Å². The average Bonchev–Trinajstić information content (AvgIpc) is 3.17. The number of aryl methyl sites for hydroxylation is 1. The summed E-state index contributed by atoms with van der Waals surface area (Å²) in [6, 6.07) is 3.18. The van der Waals surface area contributed by atoms with E-state index in [2.05, 4.69) is 20.4 Å². The number of pyridine rings is 2. The van der Waals surface area contributed by atoms with Gasteiger partial charge in [-0.2, -0.15) is 18.3 Å². The number of nitrogens with zero attached hydrogens (tertiary/aromatic N) is 4. The third kappa shape index (κ3) is 5.94. The van der Waals surface area contributed by atoms with E-state index < -0.39 is 12.8 Å². The molecule has 32 heavy (non-hydrogen) atoms. The number of ether oxygens (including phenoxy) is 1. The zero-order valence-electron chi connectivity index (χ0n) is 17.7. The Morgan fingerprint density at radius 2 is 2.12 bits per heavy atom. The molecule has 0 aromatic carbocycles. The highest BCUT2D eigenvalue weighted by Gasteiger charge is 2.29. The first-order valence-corrected chi connectivity index (χ1v) is 10.0. The molecule has 8 nitrogen and oxygen atoms in total. The maximum absolute atomic E-state index is 12.4. The number of rotatable bonds is 9. The predicted octanol–water partition coefficient (Wildman–Crippen LogP) is 2.73. The highest BCUT2D eigenvalue weighted by molar-refractivity contribution is 5.86. The molecule has 3 aromatic rings. The Labute approximate surface area is 182 Å². The van der Waals surface area contributed by atoms with Crippen LogP contribution in [0, 0.1) is 6.92 Å². The van der Waals surface area contributed by atoms with Crippen molar-refractivity contribution in [2.75, 3.05) is 19.8 Å². The fourth-order valence-corrected chi connectivity index (χ4v) is 3.15.